The van der Waals surface area contributed by atoms with E-state index >= 15 is 0 Å². The van der Waals surface area contributed by atoms with E-state index in [0.29, 0.717) is 24.5 Å². The van der Waals surface area contributed by atoms with Crippen LogP contribution in [-0.4, -0.2) is 29.9 Å². The number of aromatic nitrogens is 1. The van der Waals surface area contributed by atoms with Crippen molar-refractivity contribution in [3.63, 3.8) is 0 Å². The van der Waals surface area contributed by atoms with Crippen LogP contribution in [0, 0.1) is 5.92 Å². The summed E-state index contributed by atoms with van der Waals surface area (Å²) in [6, 6.07) is 3.29. The largest absolute Gasteiger partial charge is 0.368 e. The molecule has 0 radical (unpaired) electrons. The standard InChI is InChI=1S/C12H16N4O2/c13-11(17)9-3-4-10(16-7-9)14-5-6-15-12(18)8-1-2-8/h3-4,7-8H,1-2,5-6H2,(H2,13,17)(H,14,16)(H,15,18). The van der Waals surface area contributed by atoms with Crippen LogP contribution in [0.4, 0.5) is 5.82 Å². The van der Waals surface area contributed by atoms with Gasteiger partial charge in [-0.15, -0.1) is 0 Å². The van der Waals surface area contributed by atoms with Gasteiger partial charge in [0, 0.05) is 25.2 Å². The molecule has 1 aromatic heterocycles. The zero-order chi connectivity index (χ0) is 13.0. The first-order valence-electron chi connectivity index (χ1n) is 5.94. The molecule has 1 fully saturated rings. The molecular weight excluding hydrogens is 232 g/mol. The van der Waals surface area contributed by atoms with Crippen LogP contribution >= 0.6 is 0 Å². The van der Waals surface area contributed by atoms with Crippen molar-refractivity contribution in [1.29, 1.82) is 0 Å². The highest BCUT2D eigenvalue weighted by atomic mass is 16.2. The summed E-state index contributed by atoms with van der Waals surface area (Å²) in [5, 5.41) is 5.89. The second-order valence-corrected chi connectivity index (χ2v) is 4.29. The number of anilines is 1. The van der Waals surface area contributed by atoms with E-state index in [1.54, 1.807) is 12.1 Å². The molecule has 0 bridgehead atoms. The molecule has 0 spiro atoms. The van der Waals surface area contributed by atoms with Crippen LogP contribution in [0.5, 0.6) is 0 Å². The van der Waals surface area contributed by atoms with Gasteiger partial charge in [-0.05, 0) is 25.0 Å². The molecule has 96 valence electrons. The zero-order valence-electron chi connectivity index (χ0n) is 9.98. The number of carbonyl (C=O) groups is 2. The molecule has 1 aliphatic carbocycles. The van der Waals surface area contributed by atoms with Gasteiger partial charge in [0.15, 0.2) is 0 Å². The van der Waals surface area contributed by atoms with Crippen molar-refractivity contribution in [2.24, 2.45) is 11.7 Å². The second-order valence-electron chi connectivity index (χ2n) is 4.29. The fourth-order valence-electron chi connectivity index (χ4n) is 1.51. The van der Waals surface area contributed by atoms with Gasteiger partial charge in [0.2, 0.25) is 11.8 Å². The predicted octanol–water partition coefficient (Wildman–Crippen LogP) is 0.119. The molecule has 2 amide bonds. The number of pyridine rings is 1. The molecule has 18 heavy (non-hydrogen) atoms. The van der Waals surface area contributed by atoms with Crippen molar-refractivity contribution in [2.45, 2.75) is 12.8 Å². The lowest BCUT2D eigenvalue weighted by Crippen LogP contribution is -2.29. The smallest absolute Gasteiger partial charge is 0.250 e. The number of hydrogen-bond donors (Lipinski definition) is 3. The molecule has 0 aromatic carbocycles. The average Bonchev–Trinajstić information content (AvgIpc) is 3.19. The highest BCUT2D eigenvalue weighted by Crippen LogP contribution is 2.28. The molecule has 0 aliphatic heterocycles. The Morgan fingerprint density at radius 2 is 2.11 bits per heavy atom. The van der Waals surface area contributed by atoms with Gasteiger partial charge in [0.25, 0.3) is 0 Å². The number of nitrogens with zero attached hydrogens (tertiary/aromatic N) is 1. The summed E-state index contributed by atoms with van der Waals surface area (Å²) in [6.07, 6.45) is 3.44. The summed E-state index contributed by atoms with van der Waals surface area (Å²) in [4.78, 5) is 26.2. The number of hydrogen-bond acceptors (Lipinski definition) is 4. The van der Waals surface area contributed by atoms with E-state index in [-0.39, 0.29) is 11.8 Å². The van der Waals surface area contributed by atoms with Crippen LogP contribution in [0.1, 0.15) is 23.2 Å². The molecule has 2 rings (SSSR count). The van der Waals surface area contributed by atoms with Crippen molar-refractivity contribution in [1.82, 2.24) is 10.3 Å². The molecule has 0 unspecified atom stereocenters. The summed E-state index contributed by atoms with van der Waals surface area (Å²) in [5.41, 5.74) is 5.48. The lowest BCUT2D eigenvalue weighted by atomic mass is 10.3. The van der Waals surface area contributed by atoms with Gasteiger partial charge >= 0.3 is 0 Å². The van der Waals surface area contributed by atoms with Gasteiger partial charge in [-0.2, -0.15) is 0 Å². The zero-order valence-corrected chi connectivity index (χ0v) is 9.98. The topological polar surface area (TPSA) is 97.1 Å². The first-order chi connectivity index (χ1) is 8.66. The Labute approximate surface area is 105 Å². The Morgan fingerprint density at radius 1 is 1.33 bits per heavy atom. The third-order valence-corrected chi connectivity index (χ3v) is 2.73. The lowest BCUT2D eigenvalue weighted by Gasteiger charge is -2.07. The maximum absolute atomic E-state index is 11.3. The normalized spacial score (nSPS) is 14.0. The van der Waals surface area contributed by atoms with E-state index < -0.39 is 5.91 Å². The average molecular weight is 248 g/mol. The van der Waals surface area contributed by atoms with Crippen LogP contribution in [0.25, 0.3) is 0 Å². The van der Waals surface area contributed by atoms with Gasteiger partial charge in [0.05, 0.1) is 5.56 Å². The monoisotopic (exact) mass is 248 g/mol. The fraction of sp³-hybridized carbons (Fsp3) is 0.417. The number of primary amides is 1. The molecule has 6 heteroatoms. The van der Waals surface area contributed by atoms with Crippen LogP contribution in [0.3, 0.4) is 0 Å². The van der Waals surface area contributed by atoms with Crippen LogP contribution in [-0.2, 0) is 4.79 Å². The van der Waals surface area contributed by atoms with Gasteiger partial charge in [0.1, 0.15) is 5.82 Å². The first kappa shape index (κ1) is 12.3. The van der Waals surface area contributed by atoms with Crippen molar-refractivity contribution < 1.29 is 9.59 Å². The van der Waals surface area contributed by atoms with Crippen LogP contribution in [0.2, 0.25) is 0 Å². The molecule has 1 heterocycles. The minimum absolute atomic E-state index is 0.133. The Hall–Kier alpha value is -2.11. The Morgan fingerprint density at radius 3 is 2.67 bits per heavy atom. The van der Waals surface area contributed by atoms with Crippen molar-refractivity contribution in [3.05, 3.63) is 23.9 Å². The number of carbonyl (C=O) groups excluding carboxylic acids is 2. The summed E-state index contributed by atoms with van der Waals surface area (Å²) in [7, 11) is 0. The molecule has 0 saturated heterocycles. The van der Waals surface area contributed by atoms with Crippen LogP contribution in [0.15, 0.2) is 18.3 Å². The quantitative estimate of drug-likeness (QED) is 0.623. The Bertz CT molecular complexity index is 440. The molecule has 4 N–H and O–H groups in total. The molecule has 0 atom stereocenters. The molecule has 1 aromatic rings. The maximum Gasteiger partial charge on any atom is 0.250 e. The van der Waals surface area contributed by atoms with E-state index in [1.807, 2.05) is 0 Å². The van der Waals surface area contributed by atoms with Crippen molar-refractivity contribution in [3.8, 4) is 0 Å². The highest BCUT2D eigenvalue weighted by Gasteiger charge is 2.28. The minimum Gasteiger partial charge on any atom is -0.368 e. The van der Waals surface area contributed by atoms with Gasteiger partial charge in [-0.1, -0.05) is 0 Å². The van der Waals surface area contributed by atoms with E-state index in [0.717, 1.165) is 12.8 Å². The third-order valence-electron chi connectivity index (χ3n) is 2.73. The van der Waals surface area contributed by atoms with E-state index in [4.69, 9.17) is 5.73 Å². The maximum atomic E-state index is 11.3. The van der Waals surface area contributed by atoms with Crippen LogP contribution < -0.4 is 16.4 Å². The Kier molecular flexibility index (Phi) is 3.76. The van der Waals surface area contributed by atoms with Crippen molar-refractivity contribution >= 4 is 17.6 Å². The lowest BCUT2D eigenvalue weighted by molar-refractivity contribution is -0.122. The molecule has 1 aliphatic rings. The predicted molar refractivity (Wildman–Crippen MR) is 67.0 cm³/mol. The number of nitrogens with one attached hydrogen (secondary N) is 2. The van der Waals surface area contributed by atoms with Gasteiger partial charge < -0.3 is 16.4 Å². The van der Waals surface area contributed by atoms with Gasteiger partial charge in [-0.3, -0.25) is 9.59 Å². The third kappa shape index (κ3) is 3.44. The van der Waals surface area contributed by atoms with E-state index in [2.05, 4.69) is 15.6 Å². The summed E-state index contributed by atoms with van der Waals surface area (Å²) in [5.74, 6) is 0.526. The molecule has 6 nitrogen and oxygen atoms in total. The summed E-state index contributed by atoms with van der Waals surface area (Å²) >= 11 is 0. The Balaban J connectivity index is 1.69. The van der Waals surface area contributed by atoms with Gasteiger partial charge in [-0.25, -0.2) is 4.98 Å². The fourth-order valence-corrected chi connectivity index (χ4v) is 1.51. The number of amides is 2. The highest BCUT2D eigenvalue weighted by molar-refractivity contribution is 5.92. The molecule has 1 saturated carbocycles. The SMILES string of the molecule is NC(=O)c1ccc(NCCNC(=O)C2CC2)nc1. The second kappa shape index (κ2) is 5.48. The van der Waals surface area contributed by atoms with Crippen molar-refractivity contribution in [2.75, 3.05) is 18.4 Å². The number of rotatable bonds is 6. The molecular formula is C12H16N4O2. The minimum atomic E-state index is -0.495. The van der Waals surface area contributed by atoms with E-state index in [9.17, 15) is 9.59 Å². The summed E-state index contributed by atoms with van der Waals surface area (Å²) < 4.78 is 0. The first-order valence-corrected chi connectivity index (χ1v) is 5.94. The summed E-state index contributed by atoms with van der Waals surface area (Å²) in [6.45, 7) is 1.16. The van der Waals surface area contributed by atoms with E-state index in [1.165, 1.54) is 6.20 Å². The number of nitrogens with two attached hydrogens (primary N) is 1.